The molecule has 0 rings (SSSR count). The minimum Gasteiger partial charge on any atom is -0.462 e. The molecule has 0 saturated carbocycles. The SMILES string of the molecule is CC/C=C\C/C=C\C/C=C\C/C=C\C/C=C\C/C=C\C/C=C\CCCCCCCC(=O)OCC(COC(=O)CCCCCCC/C=C\CCC)OC(=O)CCCCCCCCCCCCCCCCCCCCCCCCCCCC. The maximum absolute atomic E-state index is 12.9. The normalized spacial score (nSPS) is 12.7. The number of carbonyl (C=O) groups is 3. The summed E-state index contributed by atoms with van der Waals surface area (Å²) in [5.74, 6) is -0.902. The Balaban J connectivity index is 4.24. The van der Waals surface area contributed by atoms with E-state index >= 15 is 0 Å². The topological polar surface area (TPSA) is 78.9 Å². The highest BCUT2D eigenvalue weighted by molar-refractivity contribution is 5.71. The number of carbonyl (C=O) groups excluding carboxylic acids is 3. The van der Waals surface area contributed by atoms with E-state index in [-0.39, 0.29) is 31.1 Å². The summed E-state index contributed by atoms with van der Waals surface area (Å²) in [5.41, 5.74) is 0. The lowest BCUT2D eigenvalue weighted by molar-refractivity contribution is -0.167. The largest absolute Gasteiger partial charge is 0.462 e. The highest BCUT2D eigenvalue weighted by Crippen LogP contribution is 2.18. The van der Waals surface area contributed by atoms with Crippen molar-refractivity contribution in [1.29, 1.82) is 0 Å². The van der Waals surface area contributed by atoms with Crippen LogP contribution in [0.25, 0.3) is 0 Å². The van der Waals surface area contributed by atoms with Crippen LogP contribution in [-0.4, -0.2) is 37.2 Å². The van der Waals surface area contributed by atoms with E-state index < -0.39 is 6.10 Å². The van der Waals surface area contributed by atoms with Crippen LogP contribution in [0.3, 0.4) is 0 Å². The minimum absolute atomic E-state index is 0.0860. The van der Waals surface area contributed by atoms with Gasteiger partial charge in [-0.15, -0.1) is 0 Å². The van der Waals surface area contributed by atoms with Crippen LogP contribution < -0.4 is 0 Å². The number of allylic oxidation sites excluding steroid dienone is 16. The molecular weight excluding hydrogens is 997 g/mol. The molecule has 0 aromatic carbocycles. The van der Waals surface area contributed by atoms with Gasteiger partial charge in [0, 0.05) is 19.3 Å². The molecule has 0 saturated heterocycles. The van der Waals surface area contributed by atoms with Gasteiger partial charge in [-0.05, 0) is 96.3 Å². The van der Waals surface area contributed by atoms with E-state index in [2.05, 4.69) is 118 Å². The monoisotopic (exact) mass is 1130 g/mol. The average Bonchev–Trinajstić information content (AvgIpc) is 3.47. The fourth-order valence-electron chi connectivity index (χ4n) is 9.90. The van der Waals surface area contributed by atoms with Crippen molar-refractivity contribution in [3.8, 4) is 0 Å². The first kappa shape index (κ1) is 77.3. The summed E-state index contributed by atoms with van der Waals surface area (Å²) in [7, 11) is 0. The molecule has 0 amide bonds. The second kappa shape index (κ2) is 68.8. The van der Waals surface area contributed by atoms with Crippen LogP contribution in [0.2, 0.25) is 0 Å². The zero-order chi connectivity index (χ0) is 58.5. The zero-order valence-electron chi connectivity index (χ0n) is 53.5. The second-order valence-corrected chi connectivity index (χ2v) is 23.1. The van der Waals surface area contributed by atoms with E-state index in [9.17, 15) is 14.4 Å². The van der Waals surface area contributed by atoms with Crippen molar-refractivity contribution in [2.24, 2.45) is 0 Å². The van der Waals surface area contributed by atoms with Crippen molar-refractivity contribution in [3.05, 3.63) is 97.2 Å². The molecule has 1 atom stereocenters. The molecule has 1 unspecified atom stereocenters. The lowest BCUT2D eigenvalue weighted by atomic mass is 10.0. The molecule has 6 heteroatoms. The molecule has 0 bridgehead atoms. The fraction of sp³-hybridized carbons (Fsp3) is 0.747. The summed E-state index contributed by atoms with van der Waals surface area (Å²) in [4.78, 5) is 38.3. The van der Waals surface area contributed by atoms with E-state index in [0.29, 0.717) is 19.3 Å². The molecule has 0 heterocycles. The van der Waals surface area contributed by atoms with E-state index in [0.717, 1.165) is 135 Å². The second-order valence-electron chi connectivity index (χ2n) is 23.1. The third-order valence-electron chi connectivity index (χ3n) is 15.1. The highest BCUT2D eigenvalue weighted by atomic mass is 16.6. The van der Waals surface area contributed by atoms with E-state index in [1.165, 1.54) is 167 Å². The van der Waals surface area contributed by atoms with Crippen molar-refractivity contribution in [2.75, 3.05) is 13.2 Å². The van der Waals surface area contributed by atoms with Crippen molar-refractivity contribution < 1.29 is 28.6 Å². The van der Waals surface area contributed by atoms with Crippen molar-refractivity contribution >= 4 is 17.9 Å². The van der Waals surface area contributed by atoms with Crippen LogP contribution >= 0.6 is 0 Å². The number of ether oxygens (including phenoxy) is 3. The van der Waals surface area contributed by atoms with Gasteiger partial charge in [0.25, 0.3) is 0 Å². The van der Waals surface area contributed by atoms with Gasteiger partial charge in [-0.1, -0.05) is 323 Å². The van der Waals surface area contributed by atoms with Gasteiger partial charge in [0.05, 0.1) is 0 Å². The molecule has 0 aromatic rings. The lowest BCUT2D eigenvalue weighted by Crippen LogP contribution is -2.30. The lowest BCUT2D eigenvalue weighted by Gasteiger charge is -2.18. The van der Waals surface area contributed by atoms with Gasteiger partial charge in [-0.2, -0.15) is 0 Å². The molecule has 466 valence electrons. The summed E-state index contributed by atoms with van der Waals surface area (Å²) >= 11 is 0. The Labute approximate surface area is 502 Å². The molecule has 0 aliphatic heterocycles. The molecule has 0 N–H and O–H groups in total. The Morgan fingerprint density at radius 2 is 0.506 bits per heavy atom. The Hall–Kier alpha value is -3.67. The first-order chi connectivity index (χ1) is 40.0. The van der Waals surface area contributed by atoms with Crippen LogP contribution in [0.15, 0.2) is 97.2 Å². The predicted octanol–water partition coefficient (Wildman–Crippen LogP) is 24.0. The molecule has 0 aliphatic rings. The molecule has 0 fully saturated rings. The Bertz CT molecular complexity index is 1580. The average molecular weight is 1130 g/mol. The summed E-state index contributed by atoms with van der Waals surface area (Å²) in [6.07, 6.45) is 93.0. The number of hydrogen-bond acceptors (Lipinski definition) is 6. The first-order valence-corrected chi connectivity index (χ1v) is 34.7. The zero-order valence-corrected chi connectivity index (χ0v) is 53.5. The van der Waals surface area contributed by atoms with Crippen LogP contribution in [-0.2, 0) is 28.6 Å². The molecule has 0 aliphatic carbocycles. The van der Waals surface area contributed by atoms with Gasteiger partial charge in [-0.3, -0.25) is 14.4 Å². The maximum atomic E-state index is 12.9. The van der Waals surface area contributed by atoms with Crippen LogP contribution in [0.5, 0.6) is 0 Å². The van der Waals surface area contributed by atoms with Gasteiger partial charge >= 0.3 is 17.9 Å². The highest BCUT2D eigenvalue weighted by Gasteiger charge is 2.19. The summed E-state index contributed by atoms with van der Waals surface area (Å²) in [5, 5.41) is 0. The van der Waals surface area contributed by atoms with E-state index in [4.69, 9.17) is 14.2 Å². The summed E-state index contributed by atoms with van der Waals surface area (Å²) in [6, 6.07) is 0. The van der Waals surface area contributed by atoms with Gasteiger partial charge in [0.15, 0.2) is 6.10 Å². The van der Waals surface area contributed by atoms with Crippen molar-refractivity contribution in [3.63, 3.8) is 0 Å². The van der Waals surface area contributed by atoms with E-state index in [1.54, 1.807) is 0 Å². The molecule has 0 spiro atoms. The van der Waals surface area contributed by atoms with Crippen LogP contribution in [0.1, 0.15) is 342 Å². The molecule has 6 nitrogen and oxygen atoms in total. The smallest absolute Gasteiger partial charge is 0.306 e. The summed E-state index contributed by atoms with van der Waals surface area (Å²) in [6.45, 7) is 6.48. The van der Waals surface area contributed by atoms with Crippen molar-refractivity contribution in [2.45, 2.75) is 348 Å². The van der Waals surface area contributed by atoms with E-state index in [1.807, 2.05) is 0 Å². The molecule has 0 aromatic heterocycles. The van der Waals surface area contributed by atoms with Gasteiger partial charge in [-0.25, -0.2) is 0 Å². The summed E-state index contributed by atoms with van der Waals surface area (Å²) < 4.78 is 16.9. The third-order valence-corrected chi connectivity index (χ3v) is 15.1. The van der Waals surface area contributed by atoms with Crippen LogP contribution in [0, 0.1) is 0 Å². The maximum Gasteiger partial charge on any atom is 0.306 e. The first-order valence-electron chi connectivity index (χ1n) is 34.7. The Kier molecular flexibility index (Phi) is 65.7. The number of rotatable bonds is 63. The van der Waals surface area contributed by atoms with Gasteiger partial charge in [0.1, 0.15) is 13.2 Å². The third kappa shape index (κ3) is 67.0. The predicted molar refractivity (Wildman–Crippen MR) is 353 cm³/mol. The quantitative estimate of drug-likeness (QED) is 0.0261. The van der Waals surface area contributed by atoms with Gasteiger partial charge in [0.2, 0.25) is 0 Å². The minimum atomic E-state index is -0.789. The standard InChI is InChI=1S/C75H130O6/c1-4-7-10-13-16-19-22-24-26-28-30-32-34-36-38-40-41-43-45-47-49-51-53-56-59-62-65-68-74(77)80-71-72(70-79-73(76)67-64-61-58-55-21-18-15-12-9-6-3)81-75(78)69-66-63-60-57-54-52-50-48-46-44-42-39-37-35-33-31-29-27-25-23-20-17-14-11-8-5-2/h7,10,12,15-16,19,24,26,30,32,36,38,41,43,47,49,72H,4-6,8-9,11,13-14,17-18,20-23,25,27-29,31,33-35,37,39-40,42,44-46,48,50-71H2,1-3H3/b10-7-,15-12-,19-16-,26-24-,32-30-,38-36-,43-41-,49-47-. The number of hydrogen-bond donors (Lipinski definition) is 0. The van der Waals surface area contributed by atoms with Crippen molar-refractivity contribution in [1.82, 2.24) is 0 Å². The fourth-order valence-corrected chi connectivity index (χ4v) is 9.90. The molecule has 81 heavy (non-hydrogen) atoms. The Morgan fingerprint density at radius 1 is 0.259 bits per heavy atom. The molecule has 0 radical (unpaired) electrons. The number of esters is 3. The Morgan fingerprint density at radius 3 is 0.815 bits per heavy atom. The van der Waals surface area contributed by atoms with Crippen LogP contribution in [0.4, 0.5) is 0 Å². The number of unbranched alkanes of at least 4 members (excludes halogenated alkanes) is 36. The molecular formula is C75H130O6. The van der Waals surface area contributed by atoms with Gasteiger partial charge < -0.3 is 14.2 Å².